The molecule has 29 heavy (non-hydrogen) atoms. The summed E-state index contributed by atoms with van der Waals surface area (Å²) >= 11 is 0. The van der Waals surface area contributed by atoms with E-state index in [0.29, 0.717) is 0 Å². The van der Waals surface area contributed by atoms with Gasteiger partial charge in [-0.2, -0.15) is 0 Å². The van der Waals surface area contributed by atoms with Crippen molar-refractivity contribution < 1.29 is 4.42 Å². The Balaban J connectivity index is 1.53. The quantitative estimate of drug-likeness (QED) is 0.351. The third-order valence-corrected chi connectivity index (χ3v) is 5.79. The number of H-pyrrole nitrogens is 1. The molecular weight excluding hydrogens is 356 g/mol. The van der Waals surface area contributed by atoms with Gasteiger partial charge in [0.05, 0.1) is 16.7 Å². The Morgan fingerprint density at radius 2 is 1.52 bits per heavy atom. The molecular formula is C26H20N2O. The highest BCUT2D eigenvalue weighted by Crippen LogP contribution is 2.34. The van der Waals surface area contributed by atoms with Crippen LogP contribution in [0.4, 0.5) is 0 Å². The zero-order chi connectivity index (χ0) is 19.4. The highest BCUT2D eigenvalue weighted by molar-refractivity contribution is 6.06. The number of aromatic amines is 1. The molecule has 0 atom stereocenters. The van der Waals surface area contributed by atoms with E-state index in [2.05, 4.69) is 89.5 Å². The number of fused-ring (bicyclic) bond motifs is 4. The first kappa shape index (κ1) is 16.3. The van der Waals surface area contributed by atoms with Crippen LogP contribution >= 0.6 is 0 Å². The molecule has 140 valence electrons. The van der Waals surface area contributed by atoms with Crippen LogP contribution < -0.4 is 0 Å². The minimum atomic E-state index is 0.929. The fourth-order valence-electron chi connectivity index (χ4n) is 4.24. The van der Waals surface area contributed by atoms with Gasteiger partial charge in [-0.1, -0.05) is 55.5 Å². The minimum absolute atomic E-state index is 0.929. The van der Waals surface area contributed by atoms with E-state index < -0.39 is 0 Å². The van der Waals surface area contributed by atoms with E-state index in [1.54, 1.807) is 0 Å². The summed E-state index contributed by atoms with van der Waals surface area (Å²) < 4.78 is 8.17. The standard InChI is InChI=1S/C26H20N2O/c1-2-17-11-12-19(16-24(17)28-23-9-5-4-8-22(23)27-28)18-13-14-26-21(15-18)20-7-3-6-10-25(20)29-26/h3-16,27H,2H2,1H3. The molecule has 4 aromatic carbocycles. The lowest BCUT2D eigenvalue weighted by Crippen LogP contribution is -2.10. The molecule has 3 heteroatoms. The fourth-order valence-corrected chi connectivity index (χ4v) is 4.24. The van der Waals surface area contributed by atoms with Crippen molar-refractivity contribution in [2.45, 2.75) is 13.3 Å². The van der Waals surface area contributed by atoms with E-state index in [1.807, 2.05) is 12.1 Å². The third-order valence-electron chi connectivity index (χ3n) is 5.79. The van der Waals surface area contributed by atoms with E-state index >= 15 is 0 Å². The molecule has 0 radical (unpaired) electrons. The molecule has 0 fully saturated rings. The molecule has 0 aliphatic rings. The summed E-state index contributed by atoms with van der Waals surface area (Å²) in [6.45, 7) is 2.20. The van der Waals surface area contributed by atoms with Gasteiger partial charge < -0.3 is 4.42 Å². The molecule has 6 rings (SSSR count). The summed E-state index contributed by atoms with van der Waals surface area (Å²) in [7, 11) is 0. The zero-order valence-corrected chi connectivity index (χ0v) is 16.1. The highest BCUT2D eigenvalue weighted by Gasteiger charge is 2.13. The number of benzene rings is 4. The topological polar surface area (TPSA) is 33.9 Å². The van der Waals surface area contributed by atoms with Gasteiger partial charge in [0.1, 0.15) is 11.2 Å². The molecule has 0 unspecified atom stereocenters. The summed E-state index contributed by atoms with van der Waals surface area (Å²) in [6.07, 6.45) is 0.987. The Bertz CT molecular complexity index is 1500. The number of hydrogen-bond acceptors (Lipinski definition) is 1. The van der Waals surface area contributed by atoms with Crippen molar-refractivity contribution in [1.29, 1.82) is 0 Å². The van der Waals surface area contributed by atoms with Crippen molar-refractivity contribution in [3.63, 3.8) is 0 Å². The number of nitrogens with one attached hydrogen (secondary N) is 1. The predicted molar refractivity (Wildman–Crippen MR) is 120 cm³/mol. The number of aromatic nitrogens is 2. The van der Waals surface area contributed by atoms with Gasteiger partial charge in [-0.05, 0) is 59.5 Å². The number of furan rings is 1. The molecule has 0 aliphatic heterocycles. The van der Waals surface area contributed by atoms with Crippen LogP contribution in [0.3, 0.4) is 0 Å². The van der Waals surface area contributed by atoms with E-state index in [1.165, 1.54) is 33.4 Å². The van der Waals surface area contributed by atoms with Crippen LogP contribution in [0, 0.1) is 0 Å². The van der Waals surface area contributed by atoms with Crippen molar-refractivity contribution in [1.82, 2.24) is 9.78 Å². The van der Waals surface area contributed by atoms with Crippen LogP contribution in [0.2, 0.25) is 0 Å². The first-order valence-corrected chi connectivity index (χ1v) is 10.0. The Labute approximate surface area is 168 Å². The summed E-state index contributed by atoms with van der Waals surface area (Å²) in [6, 6.07) is 29.8. The van der Waals surface area contributed by atoms with E-state index in [-0.39, 0.29) is 0 Å². The van der Waals surface area contributed by atoms with Crippen LogP contribution in [-0.2, 0) is 6.42 Å². The zero-order valence-electron chi connectivity index (χ0n) is 16.1. The fraction of sp³-hybridized carbons (Fsp3) is 0.0769. The Hall–Kier alpha value is -3.72. The van der Waals surface area contributed by atoms with Crippen LogP contribution in [0.1, 0.15) is 12.5 Å². The lowest BCUT2D eigenvalue weighted by molar-refractivity contribution is 0.669. The molecule has 0 aliphatic carbocycles. The van der Waals surface area contributed by atoms with Gasteiger partial charge in [-0.15, -0.1) is 0 Å². The van der Waals surface area contributed by atoms with Crippen molar-refractivity contribution in [2.75, 3.05) is 0 Å². The second-order valence-electron chi connectivity index (χ2n) is 7.47. The molecule has 1 N–H and O–H groups in total. The van der Waals surface area contributed by atoms with E-state index in [0.717, 1.165) is 28.4 Å². The predicted octanol–water partition coefficient (Wildman–Crippen LogP) is 7.09. The van der Waals surface area contributed by atoms with Crippen molar-refractivity contribution in [2.24, 2.45) is 0 Å². The maximum atomic E-state index is 5.99. The van der Waals surface area contributed by atoms with Gasteiger partial charge in [0.25, 0.3) is 0 Å². The lowest BCUT2D eigenvalue weighted by Gasteiger charge is -2.20. The van der Waals surface area contributed by atoms with Gasteiger partial charge in [0.15, 0.2) is 0 Å². The Morgan fingerprint density at radius 3 is 2.41 bits per heavy atom. The first-order valence-electron chi connectivity index (χ1n) is 10.0. The van der Waals surface area contributed by atoms with Crippen molar-refractivity contribution in [3.8, 4) is 16.8 Å². The molecule has 0 saturated carbocycles. The number of aryl methyl sites for hydroxylation is 1. The highest BCUT2D eigenvalue weighted by atomic mass is 16.3. The van der Waals surface area contributed by atoms with Gasteiger partial charge in [0, 0.05) is 10.8 Å². The molecule has 0 amide bonds. The van der Waals surface area contributed by atoms with Gasteiger partial charge in [-0.3, -0.25) is 9.78 Å². The van der Waals surface area contributed by atoms with E-state index in [4.69, 9.17) is 4.42 Å². The molecule has 2 aromatic heterocycles. The van der Waals surface area contributed by atoms with Gasteiger partial charge >= 0.3 is 0 Å². The molecule has 0 bridgehead atoms. The largest absolute Gasteiger partial charge is 0.456 e. The maximum Gasteiger partial charge on any atom is 0.135 e. The van der Waals surface area contributed by atoms with Crippen LogP contribution in [0.5, 0.6) is 0 Å². The first-order chi connectivity index (χ1) is 14.3. The normalized spacial score (nSPS) is 11.8. The average Bonchev–Trinajstić information content (AvgIpc) is 3.12. The van der Waals surface area contributed by atoms with E-state index in [9.17, 15) is 0 Å². The minimum Gasteiger partial charge on any atom is -0.456 e. The Kier molecular flexibility index (Phi) is 3.44. The second-order valence-corrected chi connectivity index (χ2v) is 7.47. The van der Waals surface area contributed by atoms with Crippen molar-refractivity contribution in [3.05, 3.63) is 90.5 Å². The summed E-state index contributed by atoms with van der Waals surface area (Å²) in [5.41, 5.74) is 9.19. The van der Waals surface area contributed by atoms with Gasteiger partial charge in [-0.25, -0.2) is 0 Å². The van der Waals surface area contributed by atoms with Crippen LogP contribution in [-0.4, -0.2) is 9.78 Å². The SMILES string of the molecule is CCc1ccc(-c2ccc3oc4ccccc4c3c2)cc1-n1[nH]c2ccccc21. The lowest BCUT2D eigenvalue weighted by atomic mass is 9.99. The summed E-state index contributed by atoms with van der Waals surface area (Å²) in [5, 5.41) is 5.78. The van der Waals surface area contributed by atoms with Crippen molar-refractivity contribution >= 4 is 33.0 Å². The molecule has 6 aromatic rings. The number of para-hydroxylation sites is 3. The summed E-state index contributed by atoms with van der Waals surface area (Å²) in [5.74, 6) is 0. The third kappa shape index (κ3) is 2.44. The molecule has 2 heterocycles. The number of rotatable bonds is 3. The number of hydrogen-bond donors (Lipinski definition) is 1. The van der Waals surface area contributed by atoms with Crippen LogP contribution in [0.15, 0.2) is 89.3 Å². The smallest absolute Gasteiger partial charge is 0.135 e. The van der Waals surface area contributed by atoms with Crippen LogP contribution in [0.25, 0.3) is 49.8 Å². The monoisotopic (exact) mass is 376 g/mol. The second kappa shape index (κ2) is 6.14. The Morgan fingerprint density at radius 1 is 0.759 bits per heavy atom. The van der Waals surface area contributed by atoms with Gasteiger partial charge in [0.2, 0.25) is 0 Å². The average molecular weight is 376 g/mol. The number of nitrogens with zero attached hydrogens (tertiary/aromatic N) is 1. The molecule has 3 nitrogen and oxygen atoms in total. The summed E-state index contributed by atoms with van der Waals surface area (Å²) in [4.78, 5) is 0. The molecule has 0 spiro atoms. The maximum absolute atomic E-state index is 5.99. The molecule has 0 saturated heterocycles.